The van der Waals surface area contributed by atoms with Gasteiger partial charge in [0.05, 0.1) is 11.6 Å². The Labute approximate surface area is 156 Å². The van der Waals surface area contributed by atoms with Gasteiger partial charge in [0.1, 0.15) is 0 Å². The summed E-state index contributed by atoms with van der Waals surface area (Å²) in [7, 11) is 0. The van der Waals surface area contributed by atoms with Crippen LogP contribution in [0.25, 0.3) is 10.9 Å². The number of fused-ring (bicyclic) bond motifs is 1. The number of H-pyrrole nitrogens is 1. The highest BCUT2D eigenvalue weighted by molar-refractivity contribution is 6.04. The Bertz CT molecular complexity index is 1000. The number of β-amino-alcohol motifs (C(OH)–C–C–N with tert-alkyl or cyclic N) is 1. The first kappa shape index (κ1) is 16.5. The van der Waals surface area contributed by atoms with E-state index in [1.54, 1.807) is 4.90 Å². The van der Waals surface area contributed by atoms with Crippen molar-refractivity contribution in [2.75, 3.05) is 19.7 Å². The minimum absolute atomic E-state index is 0.00396. The van der Waals surface area contributed by atoms with Gasteiger partial charge in [-0.3, -0.25) is 9.89 Å². The Balaban J connectivity index is 1.45. The fourth-order valence-corrected chi connectivity index (χ4v) is 5.00. The zero-order valence-electron chi connectivity index (χ0n) is 14.7. The Kier molecular flexibility index (Phi) is 3.60. The van der Waals surface area contributed by atoms with E-state index in [-0.39, 0.29) is 30.9 Å². The molecular weight excluding hydrogens is 342 g/mol. The Morgan fingerprint density at radius 3 is 2.70 bits per heavy atom. The predicted molar refractivity (Wildman–Crippen MR) is 100 cm³/mol. The molecule has 1 saturated heterocycles. The summed E-state index contributed by atoms with van der Waals surface area (Å²) in [5.41, 5.74) is 1.83. The van der Waals surface area contributed by atoms with Gasteiger partial charge in [-0.05, 0) is 23.5 Å². The van der Waals surface area contributed by atoms with E-state index in [1.807, 2.05) is 54.6 Å². The number of para-hydroxylation sites is 1. The molecule has 0 radical (unpaired) electrons. The van der Waals surface area contributed by atoms with Gasteiger partial charge in [-0.25, -0.2) is 0 Å². The highest BCUT2D eigenvalue weighted by atomic mass is 16.3. The van der Waals surface area contributed by atoms with Crippen LogP contribution in [0.1, 0.15) is 22.0 Å². The smallest absolute Gasteiger partial charge is 0.275 e. The average Bonchev–Trinajstić information content (AvgIpc) is 2.96. The lowest BCUT2D eigenvalue weighted by atomic mass is 9.95. The van der Waals surface area contributed by atoms with Crippen molar-refractivity contribution in [1.29, 1.82) is 0 Å². The Morgan fingerprint density at radius 2 is 1.93 bits per heavy atom. The van der Waals surface area contributed by atoms with E-state index in [0.29, 0.717) is 12.2 Å². The molecule has 138 valence electrons. The first-order valence-electron chi connectivity index (χ1n) is 9.23. The number of nitrogens with one attached hydrogen (secondary N) is 1. The number of aromatic nitrogens is 2. The minimum atomic E-state index is -0.658. The van der Waals surface area contributed by atoms with E-state index in [4.69, 9.17) is 0 Å². The Morgan fingerprint density at radius 1 is 1.19 bits per heavy atom. The van der Waals surface area contributed by atoms with E-state index in [1.165, 1.54) is 0 Å². The maximum Gasteiger partial charge on any atom is 0.275 e. The normalized spacial score (nSPS) is 29.6. The van der Waals surface area contributed by atoms with Crippen LogP contribution in [-0.2, 0) is 0 Å². The predicted octanol–water partition coefficient (Wildman–Crippen LogP) is 1.77. The summed E-state index contributed by atoms with van der Waals surface area (Å²) in [6, 6.07) is 17.5. The number of carbonyl (C=O) groups is 1. The van der Waals surface area contributed by atoms with Gasteiger partial charge in [0.25, 0.3) is 5.91 Å². The van der Waals surface area contributed by atoms with Crippen molar-refractivity contribution in [1.82, 2.24) is 15.1 Å². The van der Waals surface area contributed by atoms with Crippen LogP contribution in [0, 0.1) is 11.3 Å². The summed E-state index contributed by atoms with van der Waals surface area (Å²) in [6.07, 6.45) is -0.658. The van der Waals surface area contributed by atoms with Crippen LogP contribution in [0.5, 0.6) is 0 Å². The summed E-state index contributed by atoms with van der Waals surface area (Å²) in [5, 5.41) is 28.6. The lowest BCUT2D eigenvalue weighted by molar-refractivity contribution is 0.0760. The summed E-state index contributed by atoms with van der Waals surface area (Å²) >= 11 is 0. The molecule has 1 spiro atoms. The molecule has 2 heterocycles. The molecule has 1 aliphatic carbocycles. The monoisotopic (exact) mass is 363 g/mol. The van der Waals surface area contributed by atoms with Gasteiger partial charge < -0.3 is 15.1 Å². The van der Waals surface area contributed by atoms with Crippen LogP contribution in [0.15, 0.2) is 54.6 Å². The molecule has 2 aromatic carbocycles. The molecule has 0 bridgehead atoms. The number of amides is 1. The number of likely N-dealkylation sites (tertiary alicyclic amines) is 1. The summed E-state index contributed by atoms with van der Waals surface area (Å²) in [5.74, 6) is -0.158. The highest BCUT2D eigenvalue weighted by Gasteiger charge is 2.71. The fraction of sp³-hybridized carbons (Fsp3) is 0.333. The van der Waals surface area contributed by atoms with Crippen LogP contribution < -0.4 is 0 Å². The number of nitrogens with zero attached hydrogens (tertiary/aromatic N) is 2. The van der Waals surface area contributed by atoms with Crippen molar-refractivity contribution < 1.29 is 15.0 Å². The zero-order valence-corrected chi connectivity index (χ0v) is 14.7. The highest BCUT2D eigenvalue weighted by Crippen LogP contribution is 2.68. The molecule has 3 aromatic rings. The molecule has 2 fully saturated rings. The molecule has 1 aliphatic heterocycles. The third kappa shape index (κ3) is 2.27. The molecule has 5 rings (SSSR count). The van der Waals surface area contributed by atoms with Gasteiger partial charge in [-0.1, -0.05) is 48.5 Å². The molecule has 6 nitrogen and oxygen atoms in total. The molecule has 1 aromatic heterocycles. The van der Waals surface area contributed by atoms with E-state index in [0.717, 1.165) is 16.5 Å². The second kappa shape index (κ2) is 5.90. The largest absolute Gasteiger partial charge is 0.396 e. The number of benzene rings is 2. The van der Waals surface area contributed by atoms with E-state index in [2.05, 4.69) is 10.2 Å². The maximum atomic E-state index is 13.1. The number of hydrogen-bond donors (Lipinski definition) is 3. The number of aliphatic hydroxyl groups is 2. The number of aliphatic hydroxyl groups excluding tert-OH is 2. The third-order valence-corrected chi connectivity index (χ3v) is 6.36. The molecule has 2 aliphatic rings. The van der Waals surface area contributed by atoms with Gasteiger partial charge >= 0.3 is 0 Å². The van der Waals surface area contributed by atoms with Gasteiger partial charge in [-0.15, -0.1) is 0 Å². The zero-order chi connectivity index (χ0) is 18.6. The number of hydrogen-bond acceptors (Lipinski definition) is 4. The van der Waals surface area contributed by atoms with Crippen molar-refractivity contribution in [3.8, 4) is 0 Å². The van der Waals surface area contributed by atoms with Crippen LogP contribution in [0.3, 0.4) is 0 Å². The average molecular weight is 363 g/mol. The van der Waals surface area contributed by atoms with E-state index >= 15 is 0 Å². The van der Waals surface area contributed by atoms with Crippen molar-refractivity contribution in [3.63, 3.8) is 0 Å². The lowest BCUT2D eigenvalue weighted by Gasteiger charge is -2.16. The molecule has 3 N–H and O–H groups in total. The number of rotatable bonds is 3. The molecule has 0 unspecified atom stereocenters. The van der Waals surface area contributed by atoms with Crippen molar-refractivity contribution in [3.05, 3.63) is 65.9 Å². The second-order valence-corrected chi connectivity index (χ2v) is 7.61. The molecule has 6 heteroatoms. The molecule has 1 amide bonds. The van der Waals surface area contributed by atoms with Crippen LogP contribution >= 0.6 is 0 Å². The molecule has 1 saturated carbocycles. The number of aromatic amines is 1. The molecule has 4 atom stereocenters. The molecular formula is C21H21N3O3. The molecule has 27 heavy (non-hydrogen) atoms. The summed E-state index contributed by atoms with van der Waals surface area (Å²) in [4.78, 5) is 14.8. The van der Waals surface area contributed by atoms with Crippen molar-refractivity contribution in [2.24, 2.45) is 11.3 Å². The van der Waals surface area contributed by atoms with E-state index in [9.17, 15) is 15.0 Å². The minimum Gasteiger partial charge on any atom is -0.396 e. The van der Waals surface area contributed by atoms with Gasteiger partial charge in [0.15, 0.2) is 5.69 Å². The van der Waals surface area contributed by atoms with Crippen LogP contribution in [-0.4, -0.2) is 57.0 Å². The topological polar surface area (TPSA) is 89.5 Å². The van der Waals surface area contributed by atoms with Gasteiger partial charge in [-0.2, -0.15) is 5.10 Å². The summed E-state index contributed by atoms with van der Waals surface area (Å²) in [6.45, 7) is 0.697. The SMILES string of the molecule is O=C(c1n[nH]c2ccccc12)N1C[C@@H](O)[C@@]2(C1)[C@H](CO)[C@H]2c1ccccc1. The number of carbonyl (C=O) groups excluding carboxylic acids is 1. The standard InChI is InChI=1S/C21H21N3O3/c25-11-15-18(13-6-2-1-3-7-13)21(15)12-24(10-17(21)26)20(27)19-14-8-4-5-9-16(14)22-23-19/h1-9,15,17-18,25-26H,10-12H2,(H,22,23)/t15-,17-,18-,21-/m1/s1. The van der Waals surface area contributed by atoms with Crippen LogP contribution in [0.4, 0.5) is 0 Å². The lowest BCUT2D eigenvalue weighted by Crippen LogP contribution is -2.30. The Hall–Kier alpha value is -2.70. The van der Waals surface area contributed by atoms with Gasteiger partial charge in [0, 0.05) is 30.5 Å². The quantitative estimate of drug-likeness (QED) is 0.662. The van der Waals surface area contributed by atoms with Crippen molar-refractivity contribution >= 4 is 16.8 Å². The van der Waals surface area contributed by atoms with Gasteiger partial charge in [0.2, 0.25) is 0 Å². The first-order chi connectivity index (χ1) is 13.2. The first-order valence-corrected chi connectivity index (χ1v) is 9.23. The fourth-order valence-electron chi connectivity index (χ4n) is 5.00. The second-order valence-electron chi connectivity index (χ2n) is 7.61. The van der Waals surface area contributed by atoms with Crippen LogP contribution in [0.2, 0.25) is 0 Å². The van der Waals surface area contributed by atoms with E-state index < -0.39 is 11.5 Å². The van der Waals surface area contributed by atoms with Crippen molar-refractivity contribution in [2.45, 2.75) is 12.0 Å². The third-order valence-electron chi connectivity index (χ3n) is 6.36. The summed E-state index contributed by atoms with van der Waals surface area (Å²) < 4.78 is 0. The maximum absolute atomic E-state index is 13.1.